The summed E-state index contributed by atoms with van der Waals surface area (Å²) >= 11 is 0. The number of aromatic nitrogens is 1. The van der Waals surface area contributed by atoms with Crippen molar-refractivity contribution in [1.29, 1.82) is 0 Å². The summed E-state index contributed by atoms with van der Waals surface area (Å²) in [5.41, 5.74) is 1.49. The Hall–Kier alpha value is -2.42. The van der Waals surface area contributed by atoms with Gasteiger partial charge in [-0.3, -0.25) is 14.4 Å². The van der Waals surface area contributed by atoms with Gasteiger partial charge in [-0.2, -0.15) is 0 Å². The number of esters is 1. The van der Waals surface area contributed by atoms with Crippen LogP contribution < -0.4 is 0 Å². The van der Waals surface area contributed by atoms with Crippen LogP contribution in [-0.2, 0) is 25.5 Å². The molecule has 2 aliphatic rings. The third-order valence-corrected chi connectivity index (χ3v) is 5.74. The number of carbonyl (C=O) groups is 3. The highest BCUT2D eigenvalue weighted by Gasteiger charge is 2.50. The Balaban J connectivity index is 0.000000941. The second-order valence-electron chi connectivity index (χ2n) is 8.06. The zero-order valence-electron chi connectivity index (χ0n) is 17.6. The maximum Gasteiger partial charge on any atom is 0.312 e. The van der Waals surface area contributed by atoms with E-state index in [1.807, 2.05) is 37.7 Å². The maximum absolute atomic E-state index is 12.6. The second kappa shape index (κ2) is 9.87. The molecule has 0 aromatic carbocycles. The van der Waals surface area contributed by atoms with Crippen LogP contribution in [0, 0.1) is 19.3 Å². The van der Waals surface area contributed by atoms with Gasteiger partial charge in [-0.25, -0.2) is 0 Å². The van der Waals surface area contributed by atoms with Crippen molar-refractivity contribution in [1.82, 2.24) is 15.0 Å². The summed E-state index contributed by atoms with van der Waals surface area (Å²) in [6, 6.07) is 0. The van der Waals surface area contributed by atoms with Crippen LogP contribution in [0.15, 0.2) is 4.52 Å². The van der Waals surface area contributed by atoms with E-state index in [1.54, 1.807) is 0 Å². The number of hydrogen-bond donors (Lipinski definition) is 1. The van der Waals surface area contributed by atoms with Crippen LogP contribution in [-0.4, -0.2) is 78.2 Å². The van der Waals surface area contributed by atoms with E-state index in [1.165, 1.54) is 0 Å². The number of cyclic esters (lactones) is 1. The molecule has 1 aromatic heterocycles. The van der Waals surface area contributed by atoms with Crippen molar-refractivity contribution in [3.8, 4) is 0 Å². The van der Waals surface area contributed by atoms with Gasteiger partial charge < -0.3 is 24.2 Å². The van der Waals surface area contributed by atoms with Gasteiger partial charge in [0, 0.05) is 38.0 Å². The van der Waals surface area contributed by atoms with Gasteiger partial charge in [0.1, 0.15) is 11.9 Å². The molecule has 162 valence electrons. The van der Waals surface area contributed by atoms with Gasteiger partial charge in [0.2, 0.25) is 5.91 Å². The van der Waals surface area contributed by atoms with Gasteiger partial charge in [0.25, 0.3) is 6.47 Å². The number of nitrogens with zero attached hydrogens (tertiary/aromatic N) is 3. The highest BCUT2D eigenvalue weighted by atomic mass is 16.6. The molecule has 0 radical (unpaired) electrons. The first-order chi connectivity index (χ1) is 13.7. The minimum absolute atomic E-state index is 0.0284. The van der Waals surface area contributed by atoms with E-state index in [2.05, 4.69) is 5.16 Å². The van der Waals surface area contributed by atoms with E-state index in [-0.39, 0.29) is 29.9 Å². The number of ether oxygens (including phenoxy) is 1. The molecule has 2 aliphatic heterocycles. The molecule has 0 aliphatic carbocycles. The summed E-state index contributed by atoms with van der Waals surface area (Å²) < 4.78 is 10.7. The normalized spacial score (nSPS) is 20.4. The van der Waals surface area contributed by atoms with E-state index in [4.69, 9.17) is 19.2 Å². The van der Waals surface area contributed by atoms with E-state index < -0.39 is 0 Å². The van der Waals surface area contributed by atoms with Crippen LogP contribution in [0.25, 0.3) is 0 Å². The number of amides is 1. The molecule has 1 aromatic rings. The molecule has 0 saturated carbocycles. The van der Waals surface area contributed by atoms with Crippen LogP contribution >= 0.6 is 0 Å². The van der Waals surface area contributed by atoms with Gasteiger partial charge >= 0.3 is 5.97 Å². The number of likely N-dealkylation sites (N-methyl/N-ethyl adjacent to an activating group) is 1. The number of piperidine rings is 1. The molecule has 0 bridgehead atoms. The Morgan fingerprint density at radius 1 is 1.34 bits per heavy atom. The molecule has 3 heterocycles. The zero-order valence-corrected chi connectivity index (χ0v) is 17.6. The predicted molar refractivity (Wildman–Crippen MR) is 104 cm³/mol. The number of hydrogen-bond acceptors (Lipinski definition) is 7. The third-order valence-electron chi connectivity index (χ3n) is 5.74. The highest BCUT2D eigenvalue weighted by molar-refractivity contribution is 5.81. The van der Waals surface area contributed by atoms with Crippen molar-refractivity contribution >= 4 is 18.3 Å². The van der Waals surface area contributed by atoms with E-state index in [0.717, 1.165) is 30.0 Å². The van der Waals surface area contributed by atoms with Crippen molar-refractivity contribution in [2.75, 3.05) is 33.7 Å². The largest absolute Gasteiger partial charge is 0.483 e. The molecular formula is C20H31N3O6. The molecule has 1 unspecified atom stereocenters. The molecular weight excluding hydrogens is 378 g/mol. The van der Waals surface area contributed by atoms with Crippen LogP contribution in [0.2, 0.25) is 0 Å². The molecule has 1 amide bonds. The summed E-state index contributed by atoms with van der Waals surface area (Å²) in [4.78, 5) is 37.3. The molecule has 2 saturated heterocycles. The summed E-state index contributed by atoms with van der Waals surface area (Å²) in [5, 5.41) is 10.8. The molecule has 9 heteroatoms. The average Bonchev–Trinajstić information content (AvgIpc) is 3.12. The smallest absolute Gasteiger partial charge is 0.312 e. The second-order valence-corrected chi connectivity index (χ2v) is 8.06. The van der Waals surface area contributed by atoms with Gasteiger partial charge in [0.15, 0.2) is 0 Å². The minimum Gasteiger partial charge on any atom is -0.483 e. The summed E-state index contributed by atoms with van der Waals surface area (Å²) in [7, 11) is 3.97. The highest BCUT2D eigenvalue weighted by Crippen LogP contribution is 2.43. The topological polar surface area (TPSA) is 113 Å². The predicted octanol–water partition coefficient (Wildman–Crippen LogP) is 1.41. The van der Waals surface area contributed by atoms with Crippen molar-refractivity contribution in [3.05, 3.63) is 17.0 Å². The molecule has 29 heavy (non-hydrogen) atoms. The Bertz CT molecular complexity index is 702. The molecule has 1 N–H and O–H groups in total. The Morgan fingerprint density at radius 3 is 2.48 bits per heavy atom. The minimum atomic E-state index is -0.390. The quantitative estimate of drug-likeness (QED) is 0.574. The van der Waals surface area contributed by atoms with E-state index >= 15 is 0 Å². The third kappa shape index (κ3) is 5.56. The molecule has 2 fully saturated rings. The maximum atomic E-state index is 12.6. The first-order valence-electron chi connectivity index (χ1n) is 9.85. The Labute approximate surface area is 171 Å². The monoisotopic (exact) mass is 409 g/mol. The first-order valence-corrected chi connectivity index (χ1v) is 9.85. The lowest BCUT2D eigenvalue weighted by atomic mass is 9.76. The number of carbonyl (C=O) groups excluding carboxylic acids is 2. The van der Waals surface area contributed by atoms with Gasteiger partial charge in [-0.1, -0.05) is 5.16 Å². The lowest BCUT2D eigenvalue weighted by molar-refractivity contribution is -0.152. The average molecular weight is 409 g/mol. The number of aryl methyl sites for hydroxylation is 2. The van der Waals surface area contributed by atoms with Crippen LogP contribution in [0.5, 0.6) is 0 Å². The fraction of sp³-hybridized carbons (Fsp3) is 0.700. The van der Waals surface area contributed by atoms with Crippen molar-refractivity contribution in [2.45, 2.75) is 52.1 Å². The fourth-order valence-corrected chi connectivity index (χ4v) is 4.19. The summed E-state index contributed by atoms with van der Waals surface area (Å²) in [5.74, 6) is 0.844. The molecule has 1 spiro atoms. The van der Waals surface area contributed by atoms with Crippen LogP contribution in [0.3, 0.4) is 0 Å². The lowest BCUT2D eigenvalue weighted by Crippen LogP contribution is -2.45. The molecule has 1 atom stereocenters. The Morgan fingerprint density at radius 2 is 1.97 bits per heavy atom. The van der Waals surface area contributed by atoms with E-state index in [9.17, 15) is 9.59 Å². The first kappa shape index (κ1) is 22.9. The molecule has 9 nitrogen and oxygen atoms in total. The SMILES string of the molecule is Cc1noc(C)c1CCC(=O)N1CCC2(CC1)CC(CN(C)C)OC2=O.O=CO. The fourth-order valence-electron chi connectivity index (χ4n) is 4.19. The summed E-state index contributed by atoms with van der Waals surface area (Å²) in [6.07, 6.45) is 3.24. The molecule has 3 rings (SSSR count). The number of likely N-dealkylation sites (tertiary alicyclic amines) is 1. The van der Waals surface area contributed by atoms with Crippen molar-refractivity contribution in [3.63, 3.8) is 0 Å². The Kier molecular flexibility index (Phi) is 7.78. The lowest BCUT2D eigenvalue weighted by Gasteiger charge is -2.36. The van der Waals surface area contributed by atoms with Crippen LogP contribution in [0.1, 0.15) is 42.7 Å². The van der Waals surface area contributed by atoms with Gasteiger partial charge in [-0.15, -0.1) is 0 Å². The summed E-state index contributed by atoms with van der Waals surface area (Å²) in [6.45, 7) is 5.54. The van der Waals surface area contributed by atoms with Gasteiger partial charge in [-0.05, 0) is 47.2 Å². The van der Waals surface area contributed by atoms with Gasteiger partial charge in [0.05, 0.1) is 11.1 Å². The number of rotatable bonds is 5. The number of carboxylic acid groups (broad SMARTS) is 1. The van der Waals surface area contributed by atoms with E-state index in [0.29, 0.717) is 38.8 Å². The zero-order chi connectivity index (χ0) is 21.6. The van der Waals surface area contributed by atoms with Crippen LogP contribution in [0.4, 0.5) is 0 Å². The van der Waals surface area contributed by atoms with Crippen molar-refractivity contribution in [2.24, 2.45) is 5.41 Å². The van der Waals surface area contributed by atoms with Crippen molar-refractivity contribution < 1.29 is 28.8 Å². The standard InChI is InChI=1S/C19H29N3O4.CH2O2/c1-13-16(14(2)26-20-13)5-6-17(23)22-9-7-19(8-10-22)11-15(12-21(3)4)25-18(19)24;2-1-3/h15H,5-12H2,1-4H3;1H,(H,2,3).